The molecule has 1 heterocycles. The van der Waals surface area contributed by atoms with Gasteiger partial charge in [0.05, 0.1) is 6.10 Å². The van der Waals surface area contributed by atoms with Gasteiger partial charge in [0, 0.05) is 6.61 Å². The summed E-state index contributed by atoms with van der Waals surface area (Å²) in [6.45, 7) is 1.03. The van der Waals surface area contributed by atoms with Gasteiger partial charge < -0.3 is 4.74 Å². The second-order valence-corrected chi connectivity index (χ2v) is 4.06. The van der Waals surface area contributed by atoms with Gasteiger partial charge in [0.1, 0.15) is 0 Å². The fraction of sp³-hybridized carbons (Fsp3) is 0.800. The lowest BCUT2D eigenvalue weighted by atomic mass is 9.93. The summed E-state index contributed by atoms with van der Waals surface area (Å²) in [6, 6.07) is 0. The second kappa shape index (κ2) is 2.10. The Hall–Kier alpha value is -0.300. The van der Waals surface area contributed by atoms with E-state index in [-0.39, 0.29) is 0 Å². The molecule has 3 atom stereocenters. The predicted octanol–water partition coefficient (Wildman–Crippen LogP) is 2.13. The van der Waals surface area contributed by atoms with E-state index >= 15 is 0 Å². The van der Waals surface area contributed by atoms with Crippen LogP contribution >= 0.6 is 0 Å². The monoisotopic (exact) mass is 150 g/mol. The van der Waals surface area contributed by atoms with Crippen LogP contribution in [0.3, 0.4) is 0 Å². The van der Waals surface area contributed by atoms with Crippen molar-refractivity contribution in [3.63, 3.8) is 0 Å². The van der Waals surface area contributed by atoms with Gasteiger partial charge in [-0.3, -0.25) is 0 Å². The van der Waals surface area contributed by atoms with Crippen molar-refractivity contribution in [1.82, 2.24) is 0 Å². The van der Waals surface area contributed by atoms with Gasteiger partial charge in [-0.2, -0.15) is 0 Å². The maximum Gasteiger partial charge on any atom is 0.0642 e. The largest absolute Gasteiger partial charge is 0.378 e. The molecular weight excluding hydrogens is 136 g/mol. The molecule has 1 heteroatoms. The highest BCUT2D eigenvalue weighted by Crippen LogP contribution is 2.52. The van der Waals surface area contributed by atoms with Gasteiger partial charge in [-0.15, -0.1) is 0 Å². The molecule has 0 N–H and O–H groups in total. The van der Waals surface area contributed by atoms with Crippen LogP contribution in [0.25, 0.3) is 0 Å². The molecule has 0 aromatic heterocycles. The molecule has 1 nitrogen and oxygen atoms in total. The highest BCUT2D eigenvalue weighted by molar-refractivity contribution is 5.17. The van der Waals surface area contributed by atoms with Crippen molar-refractivity contribution in [1.29, 1.82) is 0 Å². The zero-order valence-electron chi connectivity index (χ0n) is 6.75. The Morgan fingerprint density at radius 1 is 1.55 bits per heavy atom. The minimum Gasteiger partial charge on any atom is -0.378 e. The van der Waals surface area contributed by atoms with Gasteiger partial charge in [-0.25, -0.2) is 0 Å². The van der Waals surface area contributed by atoms with Crippen LogP contribution in [0.1, 0.15) is 25.7 Å². The average molecular weight is 150 g/mol. The Morgan fingerprint density at radius 3 is 3.00 bits per heavy atom. The Bertz CT molecular complexity index is 197. The van der Waals surface area contributed by atoms with Crippen LogP contribution < -0.4 is 0 Å². The zero-order valence-corrected chi connectivity index (χ0v) is 6.75. The molecule has 3 unspecified atom stereocenters. The van der Waals surface area contributed by atoms with E-state index in [9.17, 15) is 0 Å². The molecule has 0 bridgehead atoms. The Labute approximate surface area is 67.4 Å². The highest BCUT2D eigenvalue weighted by atomic mass is 16.5. The van der Waals surface area contributed by atoms with Crippen LogP contribution in [0.2, 0.25) is 0 Å². The average Bonchev–Trinajstić information content (AvgIpc) is 2.43. The lowest BCUT2D eigenvalue weighted by Gasteiger charge is -2.14. The SMILES string of the molecule is C1=C(CC2C3CCOC32)CC1. The maximum atomic E-state index is 5.58. The third-order valence-corrected chi connectivity index (χ3v) is 3.41. The Morgan fingerprint density at radius 2 is 2.45 bits per heavy atom. The summed E-state index contributed by atoms with van der Waals surface area (Å²) in [7, 11) is 0. The summed E-state index contributed by atoms with van der Waals surface area (Å²) >= 11 is 0. The van der Waals surface area contributed by atoms with Crippen LogP contribution in [-0.2, 0) is 4.74 Å². The second-order valence-electron chi connectivity index (χ2n) is 4.06. The van der Waals surface area contributed by atoms with E-state index in [4.69, 9.17) is 4.74 Å². The predicted molar refractivity (Wildman–Crippen MR) is 43.3 cm³/mol. The quantitative estimate of drug-likeness (QED) is 0.548. The molecule has 3 aliphatic rings. The minimum atomic E-state index is 0.677. The molecule has 1 aliphatic heterocycles. The van der Waals surface area contributed by atoms with Crippen LogP contribution in [0, 0.1) is 11.8 Å². The van der Waals surface area contributed by atoms with Crippen molar-refractivity contribution in [3.05, 3.63) is 11.6 Å². The summed E-state index contributed by atoms with van der Waals surface area (Å²) in [6.07, 6.45) is 8.47. The van der Waals surface area contributed by atoms with E-state index in [0.717, 1.165) is 18.4 Å². The van der Waals surface area contributed by atoms with Gasteiger partial charge in [0.2, 0.25) is 0 Å². The van der Waals surface area contributed by atoms with Crippen molar-refractivity contribution in [2.45, 2.75) is 31.8 Å². The lowest BCUT2D eigenvalue weighted by molar-refractivity contribution is 0.138. The van der Waals surface area contributed by atoms with Crippen molar-refractivity contribution in [3.8, 4) is 0 Å². The molecule has 60 valence electrons. The van der Waals surface area contributed by atoms with Crippen molar-refractivity contribution in [2.24, 2.45) is 11.8 Å². The van der Waals surface area contributed by atoms with Gasteiger partial charge in [-0.05, 0) is 37.5 Å². The third-order valence-electron chi connectivity index (χ3n) is 3.41. The molecule has 1 saturated carbocycles. The van der Waals surface area contributed by atoms with Gasteiger partial charge in [-0.1, -0.05) is 11.6 Å². The number of rotatable bonds is 2. The van der Waals surface area contributed by atoms with Gasteiger partial charge in [0.15, 0.2) is 0 Å². The summed E-state index contributed by atoms with van der Waals surface area (Å²) < 4.78 is 5.58. The van der Waals surface area contributed by atoms with Gasteiger partial charge >= 0.3 is 0 Å². The summed E-state index contributed by atoms with van der Waals surface area (Å²) in [4.78, 5) is 0. The molecule has 3 rings (SSSR count). The fourth-order valence-corrected chi connectivity index (χ4v) is 2.48. The first-order chi connectivity index (χ1) is 5.45. The number of fused-ring (bicyclic) bond motifs is 1. The van der Waals surface area contributed by atoms with Crippen LogP contribution in [0.5, 0.6) is 0 Å². The first-order valence-corrected chi connectivity index (χ1v) is 4.74. The molecule has 2 fully saturated rings. The molecule has 0 amide bonds. The smallest absolute Gasteiger partial charge is 0.0642 e. The summed E-state index contributed by atoms with van der Waals surface area (Å²) in [5, 5.41) is 0. The number of hydrogen-bond acceptors (Lipinski definition) is 1. The summed E-state index contributed by atoms with van der Waals surface area (Å²) in [5.41, 5.74) is 1.70. The molecule has 0 aromatic rings. The number of hydrogen-bond donors (Lipinski definition) is 0. The Kier molecular flexibility index (Phi) is 1.19. The van der Waals surface area contributed by atoms with Gasteiger partial charge in [0.25, 0.3) is 0 Å². The number of ether oxygens (including phenoxy) is 1. The maximum absolute atomic E-state index is 5.58. The van der Waals surface area contributed by atoms with E-state index in [1.54, 1.807) is 5.57 Å². The van der Waals surface area contributed by atoms with Crippen LogP contribution in [0.4, 0.5) is 0 Å². The standard InChI is InChI=1S/C10H14O/c1-2-7(3-1)6-9-8-4-5-11-10(8)9/h2,8-10H,1,3-6H2. The topological polar surface area (TPSA) is 9.23 Å². The zero-order chi connectivity index (χ0) is 7.26. The highest BCUT2D eigenvalue weighted by Gasteiger charge is 2.54. The molecular formula is C10H14O. The van der Waals surface area contributed by atoms with Crippen molar-refractivity contribution < 1.29 is 4.74 Å². The molecule has 11 heavy (non-hydrogen) atoms. The van der Waals surface area contributed by atoms with Crippen molar-refractivity contribution in [2.75, 3.05) is 6.61 Å². The molecule has 0 radical (unpaired) electrons. The fourth-order valence-electron chi connectivity index (χ4n) is 2.48. The van der Waals surface area contributed by atoms with E-state index in [1.807, 2.05) is 0 Å². The molecule has 0 aromatic carbocycles. The Balaban J connectivity index is 1.59. The van der Waals surface area contributed by atoms with E-state index in [2.05, 4.69) is 6.08 Å². The lowest BCUT2D eigenvalue weighted by Crippen LogP contribution is -2.01. The van der Waals surface area contributed by atoms with Crippen LogP contribution in [-0.4, -0.2) is 12.7 Å². The van der Waals surface area contributed by atoms with E-state index in [1.165, 1.54) is 25.7 Å². The number of allylic oxidation sites excluding steroid dienone is 2. The van der Waals surface area contributed by atoms with Crippen molar-refractivity contribution >= 4 is 0 Å². The van der Waals surface area contributed by atoms with E-state index < -0.39 is 0 Å². The summed E-state index contributed by atoms with van der Waals surface area (Å²) in [5.74, 6) is 1.88. The first-order valence-electron chi connectivity index (χ1n) is 4.74. The molecule has 1 saturated heterocycles. The van der Waals surface area contributed by atoms with E-state index in [0.29, 0.717) is 6.10 Å². The van der Waals surface area contributed by atoms with Crippen LogP contribution in [0.15, 0.2) is 11.6 Å². The molecule has 0 spiro atoms. The third kappa shape index (κ3) is 0.871. The molecule has 2 aliphatic carbocycles. The first kappa shape index (κ1) is 6.24. The normalized spacial score (nSPS) is 46.2. The minimum absolute atomic E-state index is 0.677.